The zero-order valence-electron chi connectivity index (χ0n) is 15.0. The topological polar surface area (TPSA) is 60.0 Å². The van der Waals surface area contributed by atoms with Crippen molar-refractivity contribution in [2.75, 3.05) is 46.3 Å². The molecule has 0 aromatic rings. The van der Waals surface area contributed by atoms with Gasteiger partial charge in [0.2, 0.25) is 5.91 Å². The van der Waals surface area contributed by atoms with Crippen molar-refractivity contribution in [2.45, 2.75) is 45.6 Å². The van der Waals surface area contributed by atoms with Crippen molar-refractivity contribution in [3.63, 3.8) is 0 Å². The molecule has 23 heavy (non-hydrogen) atoms. The van der Waals surface area contributed by atoms with Crippen LogP contribution in [-0.4, -0.2) is 74.0 Å². The van der Waals surface area contributed by atoms with E-state index in [-0.39, 0.29) is 5.91 Å². The highest BCUT2D eigenvalue weighted by atomic mass is 16.2. The van der Waals surface area contributed by atoms with Gasteiger partial charge in [0.1, 0.15) is 0 Å². The van der Waals surface area contributed by atoms with Gasteiger partial charge in [-0.3, -0.25) is 14.7 Å². The Morgan fingerprint density at radius 2 is 1.83 bits per heavy atom. The smallest absolute Gasteiger partial charge is 0.234 e. The SMILES string of the molecule is CCC(CC)CNC(=NC)N1CCN(CC(=O)NC2CC2)CC1. The maximum atomic E-state index is 11.9. The minimum absolute atomic E-state index is 0.178. The number of piperazine rings is 1. The molecule has 1 amide bonds. The van der Waals surface area contributed by atoms with Gasteiger partial charge in [-0.05, 0) is 18.8 Å². The average Bonchev–Trinajstić information content (AvgIpc) is 3.37. The highest BCUT2D eigenvalue weighted by Crippen LogP contribution is 2.18. The molecule has 132 valence electrons. The van der Waals surface area contributed by atoms with Crippen LogP contribution in [-0.2, 0) is 4.79 Å². The summed E-state index contributed by atoms with van der Waals surface area (Å²) in [6, 6.07) is 0.455. The first-order valence-corrected chi connectivity index (χ1v) is 9.13. The third-order valence-electron chi connectivity index (χ3n) is 4.90. The van der Waals surface area contributed by atoms with Crippen molar-refractivity contribution in [1.29, 1.82) is 0 Å². The maximum absolute atomic E-state index is 11.9. The molecule has 0 radical (unpaired) electrons. The van der Waals surface area contributed by atoms with Crippen molar-refractivity contribution in [1.82, 2.24) is 20.4 Å². The molecule has 0 aromatic heterocycles. The second kappa shape index (κ2) is 9.11. The van der Waals surface area contributed by atoms with Crippen LogP contribution in [0.4, 0.5) is 0 Å². The van der Waals surface area contributed by atoms with E-state index >= 15 is 0 Å². The minimum atomic E-state index is 0.178. The first-order valence-electron chi connectivity index (χ1n) is 9.13. The predicted molar refractivity (Wildman–Crippen MR) is 94.6 cm³/mol. The molecule has 1 heterocycles. The molecular formula is C17H33N5O. The molecule has 1 aliphatic heterocycles. The van der Waals surface area contributed by atoms with Crippen LogP contribution >= 0.6 is 0 Å². The molecule has 1 aliphatic carbocycles. The van der Waals surface area contributed by atoms with E-state index in [0.29, 0.717) is 18.5 Å². The van der Waals surface area contributed by atoms with Crippen LogP contribution in [0.1, 0.15) is 39.5 Å². The van der Waals surface area contributed by atoms with Gasteiger partial charge in [-0.1, -0.05) is 26.7 Å². The molecule has 0 unspecified atom stereocenters. The molecule has 2 fully saturated rings. The molecule has 0 atom stereocenters. The molecular weight excluding hydrogens is 290 g/mol. The number of nitrogens with zero attached hydrogens (tertiary/aromatic N) is 3. The summed E-state index contributed by atoms with van der Waals surface area (Å²) in [4.78, 5) is 20.8. The van der Waals surface area contributed by atoms with Crippen LogP contribution in [0.15, 0.2) is 4.99 Å². The summed E-state index contributed by atoms with van der Waals surface area (Å²) in [7, 11) is 1.85. The molecule has 0 spiro atoms. The van der Waals surface area contributed by atoms with E-state index in [0.717, 1.165) is 51.5 Å². The second-order valence-electron chi connectivity index (χ2n) is 6.72. The van der Waals surface area contributed by atoms with Crippen LogP contribution < -0.4 is 10.6 Å². The lowest BCUT2D eigenvalue weighted by molar-refractivity contribution is -0.122. The first kappa shape index (κ1) is 18.0. The molecule has 0 bridgehead atoms. The van der Waals surface area contributed by atoms with Crippen LogP contribution in [0.3, 0.4) is 0 Å². The molecule has 6 heteroatoms. The summed E-state index contributed by atoms with van der Waals surface area (Å²) in [5.74, 6) is 1.88. The molecule has 2 aliphatic rings. The summed E-state index contributed by atoms with van der Waals surface area (Å²) in [5, 5.41) is 6.57. The average molecular weight is 323 g/mol. The van der Waals surface area contributed by atoms with Crippen LogP contribution in [0, 0.1) is 5.92 Å². The lowest BCUT2D eigenvalue weighted by Crippen LogP contribution is -2.54. The largest absolute Gasteiger partial charge is 0.356 e. The van der Waals surface area contributed by atoms with Crippen molar-refractivity contribution in [2.24, 2.45) is 10.9 Å². The third-order valence-corrected chi connectivity index (χ3v) is 4.90. The summed E-state index contributed by atoms with van der Waals surface area (Å²) in [6.45, 7) is 9.70. The predicted octanol–water partition coefficient (Wildman–Crippen LogP) is 0.894. The second-order valence-corrected chi connectivity index (χ2v) is 6.72. The van der Waals surface area contributed by atoms with Gasteiger partial charge < -0.3 is 15.5 Å². The number of guanidine groups is 1. The van der Waals surface area contributed by atoms with E-state index in [1.165, 1.54) is 12.8 Å². The number of amides is 1. The van der Waals surface area contributed by atoms with Gasteiger partial charge in [0.25, 0.3) is 0 Å². The summed E-state index contributed by atoms with van der Waals surface area (Å²) < 4.78 is 0. The fraction of sp³-hybridized carbons (Fsp3) is 0.882. The Labute approximate surface area is 140 Å². The fourth-order valence-electron chi connectivity index (χ4n) is 2.97. The number of carbonyl (C=O) groups excluding carboxylic acids is 1. The number of rotatable bonds is 7. The maximum Gasteiger partial charge on any atom is 0.234 e. The lowest BCUT2D eigenvalue weighted by atomic mass is 10.0. The van der Waals surface area contributed by atoms with Crippen LogP contribution in [0.2, 0.25) is 0 Å². The molecule has 2 N–H and O–H groups in total. The Kier molecular flexibility index (Phi) is 7.15. The van der Waals surface area contributed by atoms with Gasteiger partial charge in [-0.15, -0.1) is 0 Å². The van der Waals surface area contributed by atoms with Gasteiger partial charge in [-0.25, -0.2) is 0 Å². The number of hydrogen-bond acceptors (Lipinski definition) is 3. The van der Waals surface area contributed by atoms with Gasteiger partial charge in [0.15, 0.2) is 5.96 Å². The standard InChI is InChI=1S/C17H33N5O/c1-4-14(5-2)12-19-17(18-3)22-10-8-21(9-11-22)13-16(23)20-15-6-7-15/h14-15H,4-13H2,1-3H3,(H,18,19)(H,20,23). The molecule has 1 saturated carbocycles. The van der Waals surface area contributed by atoms with Crippen molar-refractivity contribution in [3.8, 4) is 0 Å². The highest BCUT2D eigenvalue weighted by molar-refractivity contribution is 5.80. The Bertz CT molecular complexity index is 396. The molecule has 6 nitrogen and oxygen atoms in total. The number of nitrogens with one attached hydrogen (secondary N) is 2. The van der Waals surface area contributed by atoms with E-state index in [4.69, 9.17) is 0 Å². The molecule has 2 rings (SSSR count). The van der Waals surface area contributed by atoms with E-state index in [1.54, 1.807) is 0 Å². The lowest BCUT2D eigenvalue weighted by Gasteiger charge is -2.36. The van der Waals surface area contributed by atoms with Crippen molar-refractivity contribution >= 4 is 11.9 Å². The third kappa shape index (κ3) is 6.01. The molecule has 1 saturated heterocycles. The Balaban J connectivity index is 1.70. The van der Waals surface area contributed by atoms with Crippen LogP contribution in [0.5, 0.6) is 0 Å². The summed E-state index contributed by atoms with van der Waals surface area (Å²) in [5.41, 5.74) is 0. The number of aliphatic imine (C=N–C) groups is 1. The zero-order chi connectivity index (χ0) is 16.7. The number of hydrogen-bond donors (Lipinski definition) is 2. The first-order chi connectivity index (χ1) is 11.2. The quantitative estimate of drug-likeness (QED) is 0.540. The van der Waals surface area contributed by atoms with Gasteiger partial charge >= 0.3 is 0 Å². The van der Waals surface area contributed by atoms with Crippen LogP contribution in [0.25, 0.3) is 0 Å². The highest BCUT2D eigenvalue weighted by Gasteiger charge is 2.25. The number of carbonyl (C=O) groups is 1. The van der Waals surface area contributed by atoms with E-state index < -0.39 is 0 Å². The zero-order valence-corrected chi connectivity index (χ0v) is 15.0. The summed E-state index contributed by atoms with van der Waals surface area (Å²) >= 11 is 0. The summed E-state index contributed by atoms with van der Waals surface area (Å²) in [6.07, 6.45) is 4.70. The van der Waals surface area contributed by atoms with Gasteiger partial charge in [0.05, 0.1) is 6.54 Å². The van der Waals surface area contributed by atoms with Crippen molar-refractivity contribution < 1.29 is 4.79 Å². The Morgan fingerprint density at radius 1 is 1.17 bits per heavy atom. The Hall–Kier alpha value is -1.30. The monoisotopic (exact) mass is 323 g/mol. The van der Waals surface area contributed by atoms with Gasteiger partial charge in [0, 0.05) is 45.8 Å². The van der Waals surface area contributed by atoms with E-state index in [9.17, 15) is 4.79 Å². The molecule has 0 aromatic carbocycles. The fourth-order valence-corrected chi connectivity index (χ4v) is 2.97. The Morgan fingerprint density at radius 3 is 2.35 bits per heavy atom. The van der Waals surface area contributed by atoms with Crippen molar-refractivity contribution in [3.05, 3.63) is 0 Å². The van der Waals surface area contributed by atoms with Gasteiger partial charge in [-0.2, -0.15) is 0 Å². The minimum Gasteiger partial charge on any atom is -0.356 e. The normalized spacial score (nSPS) is 20.0. The van der Waals surface area contributed by atoms with E-state index in [2.05, 4.69) is 39.3 Å². The van der Waals surface area contributed by atoms with E-state index in [1.807, 2.05) is 7.05 Å².